The van der Waals surface area contributed by atoms with E-state index < -0.39 is 0 Å². The van der Waals surface area contributed by atoms with Crippen molar-refractivity contribution in [1.29, 1.82) is 0 Å². The molecule has 1 fully saturated rings. The Morgan fingerprint density at radius 3 is 2.85 bits per heavy atom. The summed E-state index contributed by atoms with van der Waals surface area (Å²) >= 11 is 0. The lowest BCUT2D eigenvalue weighted by molar-refractivity contribution is -0.127. The van der Waals surface area contributed by atoms with E-state index in [9.17, 15) is 4.79 Å². The van der Waals surface area contributed by atoms with Gasteiger partial charge in [0, 0.05) is 26.1 Å². The van der Waals surface area contributed by atoms with Crippen LogP contribution < -0.4 is 0 Å². The highest BCUT2D eigenvalue weighted by atomic mass is 16.5. The van der Waals surface area contributed by atoms with Crippen LogP contribution in [0, 0.1) is 0 Å². The summed E-state index contributed by atoms with van der Waals surface area (Å²) in [6, 6.07) is 0. The molecule has 0 aromatic heterocycles. The largest absolute Gasteiger partial charge is 0.379 e. The number of hydrogen-bond acceptors (Lipinski definition) is 2. The van der Waals surface area contributed by atoms with E-state index in [0.29, 0.717) is 12.0 Å². The maximum Gasteiger partial charge on any atom is 0.222 e. The van der Waals surface area contributed by atoms with E-state index in [-0.39, 0.29) is 0 Å². The molecule has 0 aromatic carbocycles. The minimum Gasteiger partial charge on any atom is -0.379 e. The van der Waals surface area contributed by atoms with Gasteiger partial charge < -0.3 is 9.64 Å². The quantitative estimate of drug-likeness (QED) is 0.606. The van der Waals surface area contributed by atoms with Crippen LogP contribution in [-0.2, 0) is 9.53 Å². The SMILES string of the molecule is CC(C)OCCCN1CCCC1=O. The Labute approximate surface area is 80.1 Å². The van der Waals surface area contributed by atoms with Crippen LogP contribution in [0.3, 0.4) is 0 Å². The van der Waals surface area contributed by atoms with E-state index in [0.717, 1.165) is 39.0 Å². The van der Waals surface area contributed by atoms with Crippen molar-refractivity contribution >= 4 is 5.91 Å². The van der Waals surface area contributed by atoms with Gasteiger partial charge in [0.2, 0.25) is 5.91 Å². The molecule has 1 heterocycles. The second-order valence-electron chi connectivity index (χ2n) is 3.76. The standard InChI is InChI=1S/C10H19NO2/c1-9(2)13-8-4-7-11-6-3-5-10(11)12/h9H,3-8H2,1-2H3. The Morgan fingerprint density at radius 2 is 2.31 bits per heavy atom. The second kappa shape index (κ2) is 5.22. The molecule has 0 saturated carbocycles. The normalized spacial score (nSPS) is 17.5. The number of nitrogens with zero attached hydrogens (tertiary/aromatic N) is 1. The third-order valence-electron chi connectivity index (χ3n) is 2.19. The summed E-state index contributed by atoms with van der Waals surface area (Å²) in [5.74, 6) is 0.310. The zero-order valence-corrected chi connectivity index (χ0v) is 8.58. The van der Waals surface area contributed by atoms with E-state index in [2.05, 4.69) is 0 Å². The predicted molar refractivity (Wildman–Crippen MR) is 51.5 cm³/mol. The Balaban J connectivity index is 2.02. The number of hydrogen-bond donors (Lipinski definition) is 0. The van der Waals surface area contributed by atoms with Crippen molar-refractivity contribution in [2.75, 3.05) is 19.7 Å². The first-order chi connectivity index (χ1) is 6.20. The third-order valence-corrected chi connectivity index (χ3v) is 2.19. The van der Waals surface area contributed by atoms with Gasteiger partial charge in [0.15, 0.2) is 0 Å². The van der Waals surface area contributed by atoms with E-state index in [1.54, 1.807) is 0 Å². The molecule has 3 nitrogen and oxygen atoms in total. The molecule has 1 aliphatic rings. The van der Waals surface area contributed by atoms with Crippen LogP contribution in [0.2, 0.25) is 0 Å². The fraction of sp³-hybridized carbons (Fsp3) is 0.900. The average molecular weight is 185 g/mol. The van der Waals surface area contributed by atoms with E-state index >= 15 is 0 Å². The van der Waals surface area contributed by atoms with Gasteiger partial charge in [-0.3, -0.25) is 4.79 Å². The molecule has 0 aliphatic carbocycles. The van der Waals surface area contributed by atoms with Crippen molar-refractivity contribution in [2.24, 2.45) is 0 Å². The van der Waals surface area contributed by atoms with Crippen LogP contribution in [0.1, 0.15) is 33.1 Å². The molecular weight excluding hydrogens is 166 g/mol. The first kappa shape index (κ1) is 10.5. The highest BCUT2D eigenvalue weighted by Crippen LogP contribution is 2.09. The van der Waals surface area contributed by atoms with Gasteiger partial charge in [-0.15, -0.1) is 0 Å². The fourth-order valence-corrected chi connectivity index (χ4v) is 1.51. The van der Waals surface area contributed by atoms with Crippen molar-refractivity contribution < 1.29 is 9.53 Å². The molecule has 1 rings (SSSR count). The molecule has 0 unspecified atom stereocenters. The van der Waals surface area contributed by atoms with Crippen molar-refractivity contribution in [3.05, 3.63) is 0 Å². The maximum absolute atomic E-state index is 11.2. The summed E-state index contributed by atoms with van der Waals surface area (Å²) in [6.07, 6.45) is 3.04. The molecular formula is C10H19NO2. The summed E-state index contributed by atoms with van der Waals surface area (Å²) in [5.41, 5.74) is 0. The zero-order valence-electron chi connectivity index (χ0n) is 8.58. The van der Waals surface area contributed by atoms with Crippen LogP contribution >= 0.6 is 0 Å². The zero-order chi connectivity index (χ0) is 9.68. The number of likely N-dealkylation sites (tertiary alicyclic amines) is 1. The third kappa shape index (κ3) is 3.77. The first-order valence-corrected chi connectivity index (χ1v) is 5.09. The van der Waals surface area contributed by atoms with Gasteiger partial charge in [-0.2, -0.15) is 0 Å². The van der Waals surface area contributed by atoms with E-state index in [1.807, 2.05) is 18.7 Å². The summed E-state index contributed by atoms with van der Waals surface area (Å²) in [5, 5.41) is 0. The molecule has 0 N–H and O–H groups in total. The summed E-state index contributed by atoms with van der Waals surface area (Å²) in [4.78, 5) is 13.1. The van der Waals surface area contributed by atoms with Crippen LogP contribution in [0.15, 0.2) is 0 Å². The molecule has 13 heavy (non-hydrogen) atoms. The Kier molecular flexibility index (Phi) is 4.22. The minimum atomic E-state index is 0.300. The smallest absolute Gasteiger partial charge is 0.222 e. The van der Waals surface area contributed by atoms with Crippen LogP contribution in [0.25, 0.3) is 0 Å². The Bertz CT molecular complexity index is 168. The van der Waals surface area contributed by atoms with Gasteiger partial charge in [0.05, 0.1) is 6.10 Å². The number of ether oxygens (including phenoxy) is 1. The lowest BCUT2D eigenvalue weighted by Gasteiger charge is -2.15. The molecule has 1 saturated heterocycles. The van der Waals surface area contributed by atoms with Crippen LogP contribution in [0.5, 0.6) is 0 Å². The molecule has 1 aliphatic heterocycles. The van der Waals surface area contributed by atoms with E-state index in [4.69, 9.17) is 4.74 Å². The number of rotatable bonds is 5. The van der Waals surface area contributed by atoms with Gasteiger partial charge >= 0.3 is 0 Å². The molecule has 0 atom stereocenters. The number of amides is 1. The molecule has 0 bridgehead atoms. The van der Waals surface area contributed by atoms with Gasteiger partial charge in [-0.05, 0) is 26.7 Å². The van der Waals surface area contributed by atoms with Crippen molar-refractivity contribution in [1.82, 2.24) is 4.90 Å². The first-order valence-electron chi connectivity index (χ1n) is 5.09. The lowest BCUT2D eigenvalue weighted by Crippen LogP contribution is -2.26. The Hall–Kier alpha value is -0.570. The highest BCUT2D eigenvalue weighted by molar-refractivity contribution is 5.77. The summed E-state index contributed by atoms with van der Waals surface area (Å²) in [7, 11) is 0. The monoisotopic (exact) mass is 185 g/mol. The van der Waals surface area contributed by atoms with Gasteiger partial charge in [-0.1, -0.05) is 0 Å². The molecule has 0 radical (unpaired) electrons. The second-order valence-corrected chi connectivity index (χ2v) is 3.76. The maximum atomic E-state index is 11.2. The number of carbonyl (C=O) groups is 1. The minimum absolute atomic E-state index is 0.300. The summed E-state index contributed by atoms with van der Waals surface area (Å²) < 4.78 is 5.40. The molecule has 0 aromatic rings. The van der Waals surface area contributed by atoms with Crippen LogP contribution in [-0.4, -0.2) is 36.6 Å². The fourth-order valence-electron chi connectivity index (χ4n) is 1.51. The predicted octanol–water partition coefficient (Wildman–Crippen LogP) is 1.42. The Morgan fingerprint density at radius 1 is 1.54 bits per heavy atom. The highest BCUT2D eigenvalue weighted by Gasteiger charge is 2.18. The van der Waals surface area contributed by atoms with E-state index in [1.165, 1.54) is 0 Å². The van der Waals surface area contributed by atoms with Crippen LogP contribution in [0.4, 0.5) is 0 Å². The van der Waals surface area contributed by atoms with Crippen molar-refractivity contribution in [3.8, 4) is 0 Å². The van der Waals surface area contributed by atoms with Gasteiger partial charge in [0.1, 0.15) is 0 Å². The topological polar surface area (TPSA) is 29.5 Å². The van der Waals surface area contributed by atoms with Gasteiger partial charge in [0.25, 0.3) is 0 Å². The average Bonchev–Trinajstić information content (AvgIpc) is 2.45. The molecule has 0 spiro atoms. The van der Waals surface area contributed by atoms with Crippen molar-refractivity contribution in [3.63, 3.8) is 0 Å². The lowest BCUT2D eigenvalue weighted by atomic mass is 10.4. The molecule has 3 heteroatoms. The molecule has 1 amide bonds. The summed E-state index contributed by atoms with van der Waals surface area (Å²) in [6.45, 7) is 6.63. The number of carbonyl (C=O) groups excluding carboxylic acids is 1. The van der Waals surface area contributed by atoms with Crippen molar-refractivity contribution in [2.45, 2.75) is 39.2 Å². The molecule has 76 valence electrons. The van der Waals surface area contributed by atoms with Gasteiger partial charge in [-0.25, -0.2) is 0 Å².